The number of nitrogens with zero attached hydrogens (tertiary/aromatic N) is 1. The maximum atomic E-state index is 13.0. The van der Waals surface area contributed by atoms with Gasteiger partial charge in [-0.15, -0.1) is 0 Å². The molecule has 174 valence electrons. The Morgan fingerprint density at radius 3 is 2.59 bits per heavy atom. The molecule has 4 atom stereocenters. The Kier molecular flexibility index (Phi) is 7.69. The minimum Gasteiger partial charge on any atom is -0.486 e. The Hall–Kier alpha value is -2.71. The monoisotopic (exact) mass is 444 g/mol. The Morgan fingerprint density at radius 2 is 1.94 bits per heavy atom. The van der Waals surface area contributed by atoms with E-state index in [0.29, 0.717) is 17.7 Å². The fourth-order valence-corrected chi connectivity index (χ4v) is 4.29. The van der Waals surface area contributed by atoms with Crippen molar-refractivity contribution < 1.29 is 29.3 Å². The Balaban J connectivity index is 2.04. The van der Waals surface area contributed by atoms with Crippen LogP contribution in [0.4, 0.5) is 0 Å². The van der Waals surface area contributed by atoms with E-state index in [2.05, 4.69) is 5.32 Å². The van der Waals surface area contributed by atoms with E-state index in [1.54, 1.807) is 19.1 Å². The van der Waals surface area contributed by atoms with E-state index in [0.717, 1.165) is 5.56 Å². The predicted molar refractivity (Wildman–Crippen MR) is 118 cm³/mol. The molecule has 4 unspecified atom stereocenters. The van der Waals surface area contributed by atoms with Gasteiger partial charge in [-0.3, -0.25) is 14.4 Å². The number of benzene rings is 1. The molecule has 0 saturated heterocycles. The third-order valence-corrected chi connectivity index (χ3v) is 6.00. The van der Waals surface area contributed by atoms with Gasteiger partial charge < -0.3 is 25.2 Å². The number of Topliss-reactive ketones (excluding diaryl/α,β-unsaturated/α-hetero) is 1. The van der Waals surface area contributed by atoms with Crippen molar-refractivity contribution in [3.63, 3.8) is 0 Å². The topological polar surface area (TPSA) is 116 Å². The van der Waals surface area contributed by atoms with Crippen LogP contribution in [0.3, 0.4) is 0 Å². The smallest absolute Gasteiger partial charge is 0.290 e. The first kappa shape index (κ1) is 23.9. The van der Waals surface area contributed by atoms with Gasteiger partial charge in [0, 0.05) is 30.6 Å². The van der Waals surface area contributed by atoms with Gasteiger partial charge in [0.2, 0.25) is 11.7 Å². The van der Waals surface area contributed by atoms with Crippen LogP contribution in [0.25, 0.3) is 0 Å². The highest BCUT2D eigenvalue weighted by Gasteiger charge is 2.50. The SMILES string of the molecule is CCC(=O)C(=O)N(CCC(C)C)C1C=C(C(=O)NCCO)C2c3ccccc3OC2C1O. The highest BCUT2D eigenvalue weighted by Crippen LogP contribution is 2.47. The number of nitrogens with one attached hydrogen (secondary N) is 1. The molecule has 0 spiro atoms. The average molecular weight is 445 g/mol. The number of ether oxygens (including phenoxy) is 1. The summed E-state index contributed by atoms with van der Waals surface area (Å²) < 4.78 is 6.04. The number of para-hydroxylation sites is 1. The number of ketones is 1. The van der Waals surface area contributed by atoms with E-state index >= 15 is 0 Å². The largest absolute Gasteiger partial charge is 0.486 e. The van der Waals surface area contributed by atoms with Crippen LogP contribution in [0, 0.1) is 5.92 Å². The molecule has 0 fully saturated rings. The third-order valence-electron chi connectivity index (χ3n) is 6.00. The first-order valence-electron chi connectivity index (χ1n) is 11.2. The second-order valence-electron chi connectivity index (χ2n) is 8.64. The summed E-state index contributed by atoms with van der Waals surface area (Å²) >= 11 is 0. The lowest BCUT2D eigenvalue weighted by molar-refractivity contribution is -0.148. The third kappa shape index (κ3) is 4.71. The molecule has 2 amide bonds. The number of hydrogen-bond donors (Lipinski definition) is 3. The predicted octanol–water partition coefficient (Wildman–Crippen LogP) is 1.16. The van der Waals surface area contributed by atoms with E-state index in [1.807, 2.05) is 32.0 Å². The van der Waals surface area contributed by atoms with E-state index in [4.69, 9.17) is 9.84 Å². The Bertz CT molecular complexity index is 896. The number of carbonyl (C=O) groups is 3. The lowest BCUT2D eigenvalue weighted by Gasteiger charge is -2.40. The number of aliphatic hydroxyl groups excluding tert-OH is 2. The molecule has 0 saturated carbocycles. The van der Waals surface area contributed by atoms with Crippen molar-refractivity contribution in [2.24, 2.45) is 5.92 Å². The Morgan fingerprint density at radius 1 is 1.22 bits per heavy atom. The lowest BCUT2D eigenvalue weighted by Crippen LogP contribution is -2.57. The van der Waals surface area contributed by atoms with Gasteiger partial charge >= 0.3 is 0 Å². The number of fused-ring (bicyclic) bond motifs is 3. The fourth-order valence-electron chi connectivity index (χ4n) is 4.29. The molecule has 8 heteroatoms. The first-order chi connectivity index (χ1) is 15.3. The summed E-state index contributed by atoms with van der Waals surface area (Å²) in [6.45, 7) is 5.78. The zero-order valence-corrected chi connectivity index (χ0v) is 18.8. The molecular formula is C24H32N2O6. The molecule has 8 nitrogen and oxygen atoms in total. The quantitative estimate of drug-likeness (QED) is 0.492. The molecule has 0 bridgehead atoms. The van der Waals surface area contributed by atoms with Crippen molar-refractivity contribution >= 4 is 17.6 Å². The molecule has 1 aliphatic heterocycles. The van der Waals surface area contributed by atoms with Crippen molar-refractivity contribution in [3.05, 3.63) is 41.5 Å². The van der Waals surface area contributed by atoms with Gasteiger partial charge in [-0.2, -0.15) is 0 Å². The van der Waals surface area contributed by atoms with E-state index in [-0.39, 0.29) is 32.0 Å². The second-order valence-corrected chi connectivity index (χ2v) is 8.64. The summed E-state index contributed by atoms with van der Waals surface area (Å²) in [7, 11) is 0. The van der Waals surface area contributed by atoms with Gasteiger partial charge in [-0.25, -0.2) is 0 Å². The summed E-state index contributed by atoms with van der Waals surface area (Å²) in [4.78, 5) is 39.6. The molecule has 0 aromatic heterocycles. The molecule has 32 heavy (non-hydrogen) atoms. The molecule has 1 aromatic rings. The first-order valence-corrected chi connectivity index (χ1v) is 11.2. The molecular weight excluding hydrogens is 412 g/mol. The Labute approximate surface area is 188 Å². The number of aliphatic hydroxyl groups is 2. The zero-order valence-electron chi connectivity index (χ0n) is 18.8. The van der Waals surface area contributed by atoms with E-state index < -0.39 is 41.8 Å². The molecule has 1 heterocycles. The molecule has 3 N–H and O–H groups in total. The number of rotatable bonds is 9. The van der Waals surface area contributed by atoms with Crippen LogP contribution in [0.5, 0.6) is 5.75 Å². The van der Waals surface area contributed by atoms with E-state index in [1.165, 1.54) is 4.90 Å². The lowest BCUT2D eigenvalue weighted by atomic mass is 9.77. The number of carbonyl (C=O) groups excluding carboxylic acids is 3. The van der Waals surface area contributed by atoms with Gasteiger partial charge in [-0.1, -0.05) is 39.0 Å². The number of amides is 2. The highest BCUT2D eigenvalue weighted by molar-refractivity contribution is 6.36. The van der Waals surface area contributed by atoms with Gasteiger partial charge in [-0.05, 0) is 24.5 Å². The van der Waals surface area contributed by atoms with Crippen LogP contribution < -0.4 is 10.1 Å². The second kappa shape index (κ2) is 10.3. The molecule has 0 radical (unpaired) electrons. The van der Waals surface area contributed by atoms with Crippen molar-refractivity contribution in [2.45, 2.75) is 57.8 Å². The molecule has 2 aliphatic rings. The van der Waals surface area contributed by atoms with Gasteiger partial charge in [0.15, 0.2) is 0 Å². The normalized spacial score (nSPS) is 23.6. The van der Waals surface area contributed by atoms with Gasteiger partial charge in [0.1, 0.15) is 18.0 Å². The summed E-state index contributed by atoms with van der Waals surface area (Å²) in [5, 5.41) is 23.1. The van der Waals surface area contributed by atoms with Crippen molar-refractivity contribution in [1.82, 2.24) is 10.2 Å². The number of hydrogen-bond acceptors (Lipinski definition) is 6. The van der Waals surface area contributed by atoms with Crippen molar-refractivity contribution in [3.8, 4) is 5.75 Å². The average Bonchev–Trinajstić information content (AvgIpc) is 3.18. The van der Waals surface area contributed by atoms with Crippen molar-refractivity contribution in [1.29, 1.82) is 0 Å². The zero-order chi connectivity index (χ0) is 23.4. The van der Waals surface area contributed by atoms with Crippen LogP contribution in [-0.2, 0) is 14.4 Å². The van der Waals surface area contributed by atoms with Gasteiger partial charge in [0.05, 0.1) is 18.6 Å². The van der Waals surface area contributed by atoms with Crippen LogP contribution in [0.2, 0.25) is 0 Å². The molecule has 1 aliphatic carbocycles. The van der Waals surface area contributed by atoms with Crippen LogP contribution in [-0.4, -0.2) is 70.7 Å². The standard InChI is InChI=1S/C24H32N2O6/c1-4-18(28)24(31)26(11-9-14(2)3)17-13-16(23(30)25-10-12-27)20-15-7-5-6-8-19(15)32-22(20)21(17)29/h5-8,13-14,17,20-22,27,29H,4,9-12H2,1-3H3,(H,25,30). The maximum absolute atomic E-state index is 13.0. The summed E-state index contributed by atoms with van der Waals surface area (Å²) in [6, 6.07) is 6.39. The fraction of sp³-hybridized carbons (Fsp3) is 0.542. The highest BCUT2D eigenvalue weighted by atomic mass is 16.5. The van der Waals surface area contributed by atoms with E-state index in [9.17, 15) is 19.5 Å². The van der Waals surface area contributed by atoms with Crippen LogP contribution in [0.15, 0.2) is 35.9 Å². The molecule has 1 aromatic carbocycles. The summed E-state index contributed by atoms with van der Waals surface area (Å²) in [6.07, 6.45) is 0.388. The van der Waals surface area contributed by atoms with Crippen molar-refractivity contribution in [2.75, 3.05) is 19.7 Å². The summed E-state index contributed by atoms with van der Waals surface area (Å²) in [5.74, 6) is -1.27. The minimum absolute atomic E-state index is 0.0569. The maximum Gasteiger partial charge on any atom is 0.290 e. The van der Waals surface area contributed by atoms with Crippen LogP contribution >= 0.6 is 0 Å². The van der Waals surface area contributed by atoms with Crippen LogP contribution in [0.1, 0.15) is 45.1 Å². The summed E-state index contributed by atoms with van der Waals surface area (Å²) in [5.41, 5.74) is 1.14. The minimum atomic E-state index is -1.12. The molecule has 3 rings (SSSR count). The van der Waals surface area contributed by atoms with Gasteiger partial charge in [0.25, 0.3) is 5.91 Å².